The topological polar surface area (TPSA) is 82.3 Å². The molecule has 2 N–H and O–H groups in total. The van der Waals surface area contributed by atoms with Crippen molar-refractivity contribution in [2.24, 2.45) is 0 Å². The first-order chi connectivity index (χ1) is 11.6. The smallest absolute Gasteiger partial charge is 0.251 e. The summed E-state index contributed by atoms with van der Waals surface area (Å²) in [7, 11) is 0. The zero-order chi connectivity index (χ0) is 16.7. The molecule has 1 aromatic heterocycles. The number of hydrogen-bond acceptors (Lipinski definition) is 4. The van der Waals surface area contributed by atoms with Crippen LogP contribution in [0.15, 0.2) is 48.7 Å². The predicted octanol–water partition coefficient (Wildman–Crippen LogP) is 1.30. The quantitative estimate of drug-likeness (QED) is 0.659. The van der Waals surface area contributed by atoms with E-state index in [9.17, 15) is 14.4 Å². The monoisotopic (exact) mass is 323 g/mol. The van der Waals surface area contributed by atoms with Gasteiger partial charge in [-0.3, -0.25) is 14.4 Å². The van der Waals surface area contributed by atoms with Crippen LogP contribution in [0.5, 0.6) is 0 Å². The average molecular weight is 323 g/mol. The maximum Gasteiger partial charge on any atom is 0.251 e. The molecule has 24 heavy (non-hydrogen) atoms. The lowest BCUT2D eigenvalue weighted by molar-refractivity contribution is -0.122. The number of carbonyl (C=O) groups excluding carboxylic acids is 3. The zero-order valence-electron chi connectivity index (χ0n) is 13.0. The van der Waals surface area contributed by atoms with Gasteiger partial charge in [0.2, 0.25) is 11.6 Å². The summed E-state index contributed by atoms with van der Waals surface area (Å²) in [5, 5.41) is 2.96. The highest BCUT2D eigenvalue weighted by Gasteiger charge is 2.71. The Morgan fingerprint density at radius 3 is 2.50 bits per heavy atom. The number of ketones is 2. The minimum atomic E-state index is -1.10. The summed E-state index contributed by atoms with van der Waals surface area (Å²) in [6.07, 6.45) is 2.77. The molecule has 1 saturated carbocycles. The first-order valence-electron chi connectivity index (χ1n) is 7.99. The van der Waals surface area contributed by atoms with Crippen LogP contribution in [0.1, 0.15) is 23.2 Å². The molecular weight excluding hydrogens is 306 g/mol. The van der Waals surface area contributed by atoms with Crippen molar-refractivity contribution in [3.63, 3.8) is 0 Å². The van der Waals surface area contributed by atoms with Crippen molar-refractivity contribution in [1.29, 1.82) is 0 Å². The second kappa shape index (κ2) is 5.33. The maximum atomic E-state index is 12.3. The fourth-order valence-electron chi connectivity index (χ4n) is 3.53. The summed E-state index contributed by atoms with van der Waals surface area (Å²) in [6.45, 7) is 0.539. The highest BCUT2D eigenvalue weighted by atomic mass is 16.2. The second-order valence-corrected chi connectivity index (χ2v) is 6.25. The molecule has 1 unspecified atom stereocenters. The van der Waals surface area contributed by atoms with Crippen molar-refractivity contribution in [3.05, 3.63) is 54.2 Å². The maximum absolute atomic E-state index is 12.3. The largest absolute Gasteiger partial charge is 0.349 e. The summed E-state index contributed by atoms with van der Waals surface area (Å²) in [5.74, 6) is -0.141. The molecule has 1 aliphatic heterocycles. The zero-order valence-corrected chi connectivity index (χ0v) is 13.0. The van der Waals surface area contributed by atoms with Gasteiger partial charge in [0.1, 0.15) is 5.82 Å². The number of aromatic nitrogens is 1. The van der Waals surface area contributed by atoms with Gasteiger partial charge in [-0.15, -0.1) is 0 Å². The third-order valence-corrected chi connectivity index (χ3v) is 4.84. The second-order valence-electron chi connectivity index (χ2n) is 6.25. The third kappa shape index (κ3) is 2.14. The Morgan fingerprint density at radius 1 is 1.12 bits per heavy atom. The Morgan fingerprint density at radius 2 is 1.88 bits per heavy atom. The molecule has 0 radical (unpaired) electrons. The SMILES string of the molecule is O=C(NC1CCN(c2ccc[nH]2)C2(C1)C(=O)C2=O)c1ccccc1. The van der Waals surface area contributed by atoms with Gasteiger partial charge in [0.05, 0.1) is 0 Å². The lowest BCUT2D eigenvalue weighted by atomic mass is 9.94. The Bertz CT molecular complexity index is 784. The number of rotatable bonds is 3. The molecule has 2 aromatic rings. The van der Waals surface area contributed by atoms with E-state index in [0.717, 1.165) is 5.82 Å². The number of H-pyrrole nitrogens is 1. The van der Waals surface area contributed by atoms with Gasteiger partial charge in [-0.25, -0.2) is 0 Å². The van der Waals surface area contributed by atoms with E-state index < -0.39 is 5.54 Å². The minimum absolute atomic E-state index is 0.176. The Kier molecular flexibility index (Phi) is 3.26. The van der Waals surface area contributed by atoms with Crippen LogP contribution in [0.25, 0.3) is 0 Å². The van der Waals surface area contributed by atoms with E-state index in [1.165, 1.54) is 0 Å². The number of anilines is 1. The van der Waals surface area contributed by atoms with Crippen LogP contribution >= 0.6 is 0 Å². The van der Waals surface area contributed by atoms with Gasteiger partial charge >= 0.3 is 0 Å². The number of aromatic amines is 1. The van der Waals surface area contributed by atoms with Crippen LogP contribution < -0.4 is 10.2 Å². The molecule has 2 aliphatic rings. The number of nitrogens with one attached hydrogen (secondary N) is 2. The first kappa shape index (κ1) is 14.7. The summed E-state index contributed by atoms with van der Waals surface area (Å²) in [6, 6.07) is 12.4. The van der Waals surface area contributed by atoms with Gasteiger partial charge in [-0.2, -0.15) is 0 Å². The Balaban J connectivity index is 1.52. The normalized spacial score (nSPS) is 21.8. The fraction of sp³-hybridized carbons (Fsp3) is 0.278. The van der Waals surface area contributed by atoms with Gasteiger partial charge in [-0.1, -0.05) is 18.2 Å². The van der Waals surface area contributed by atoms with E-state index in [-0.39, 0.29) is 23.5 Å². The molecule has 4 rings (SSSR count). The van der Waals surface area contributed by atoms with E-state index in [4.69, 9.17) is 0 Å². The Labute approximate surface area is 138 Å². The molecule has 0 bridgehead atoms. The first-order valence-corrected chi connectivity index (χ1v) is 7.99. The predicted molar refractivity (Wildman–Crippen MR) is 87.8 cm³/mol. The number of benzene rings is 1. The number of amides is 1. The van der Waals surface area contributed by atoms with Crippen LogP contribution in [0, 0.1) is 0 Å². The molecule has 1 spiro atoms. The molecule has 1 aliphatic carbocycles. The Hall–Kier alpha value is -2.89. The van der Waals surface area contributed by atoms with Crippen LogP contribution in [-0.4, -0.2) is 40.6 Å². The minimum Gasteiger partial charge on any atom is -0.349 e. The fourth-order valence-corrected chi connectivity index (χ4v) is 3.53. The molecule has 1 saturated heterocycles. The summed E-state index contributed by atoms with van der Waals surface area (Å²) >= 11 is 0. The summed E-state index contributed by atoms with van der Waals surface area (Å²) in [5.41, 5.74) is -0.524. The van der Waals surface area contributed by atoms with Crippen LogP contribution in [-0.2, 0) is 9.59 Å². The van der Waals surface area contributed by atoms with Crippen molar-refractivity contribution in [1.82, 2.24) is 10.3 Å². The van der Waals surface area contributed by atoms with E-state index in [1.54, 1.807) is 30.5 Å². The van der Waals surface area contributed by atoms with Crippen LogP contribution in [0.2, 0.25) is 0 Å². The number of Topliss-reactive ketones (excluding diaryl/α,β-unsaturated/α-hetero) is 2. The van der Waals surface area contributed by atoms with Crippen LogP contribution in [0.4, 0.5) is 5.82 Å². The van der Waals surface area contributed by atoms with Gasteiger partial charge in [0, 0.05) is 30.8 Å². The molecule has 6 heteroatoms. The van der Waals surface area contributed by atoms with E-state index in [1.807, 2.05) is 23.1 Å². The van der Waals surface area contributed by atoms with E-state index in [0.29, 0.717) is 24.9 Å². The van der Waals surface area contributed by atoms with E-state index >= 15 is 0 Å². The molecule has 1 amide bonds. The number of piperidine rings is 1. The van der Waals surface area contributed by atoms with Gasteiger partial charge in [0.25, 0.3) is 5.91 Å². The molecule has 1 atom stereocenters. The molecule has 122 valence electrons. The van der Waals surface area contributed by atoms with Crippen molar-refractivity contribution in [3.8, 4) is 0 Å². The van der Waals surface area contributed by atoms with Gasteiger partial charge < -0.3 is 15.2 Å². The average Bonchev–Trinajstić information content (AvgIpc) is 3.03. The lowest BCUT2D eigenvalue weighted by Crippen LogP contribution is -2.53. The highest BCUT2D eigenvalue weighted by Crippen LogP contribution is 2.43. The number of nitrogens with zero attached hydrogens (tertiary/aromatic N) is 1. The molecule has 2 fully saturated rings. The van der Waals surface area contributed by atoms with E-state index in [2.05, 4.69) is 10.3 Å². The third-order valence-electron chi connectivity index (χ3n) is 4.84. The highest BCUT2D eigenvalue weighted by molar-refractivity contribution is 6.68. The van der Waals surface area contributed by atoms with Crippen molar-refractivity contribution in [2.45, 2.75) is 24.4 Å². The molecule has 1 aromatic carbocycles. The number of hydrogen-bond donors (Lipinski definition) is 2. The van der Waals surface area contributed by atoms with Gasteiger partial charge in [0.15, 0.2) is 5.54 Å². The van der Waals surface area contributed by atoms with Crippen molar-refractivity contribution >= 4 is 23.3 Å². The lowest BCUT2D eigenvalue weighted by Gasteiger charge is -2.38. The van der Waals surface area contributed by atoms with Crippen molar-refractivity contribution in [2.75, 3.05) is 11.4 Å². The molecular formula is C18H17N3O3. The molecule has 6 nitrogen and oxygen atoms in total. The van der Waals surface area contributed by atoms with Crippen molar-refractivity contribution < 1.29 is 14.4 Å². The standard InChI is InChI=1S/C18H17N3O3/c22-15-16(23)18(15)11-13(8-10-21(18)14-7-4-9-19-14)20-17(24)12-5-2-1-3-6-12/h1-7,9,13,19H,8,10-11H2,(H,20,24). The van der Waals surface area contributed by atoms with Crippen LogP contribution in [0.3, 0.4) is 0 Å². The summed E-state index contributed by atoms with van der Waals surface area (Å²) < 4.78 is 0. The summed E-state index contributed by atoms with van der Waals surface area (Å²) in [4.78, 5) is 41.4. The van der Waals surface area contributed by atoms with Gasteiger partial charge in [-0.05, 0) is 30.7 Å². The number of carbonyl (C=O) groups is 3. The molecule has 2 heterocycles.